The molecule has 2 aromatic rings. The third kappa shape index (κ3) is 4.91. The van der Waals surface area contributed by atoms with Gasteiger partial charge in [-0.15, -0.1) is 0 Å². The van der Waals surface area contributed by atoms with Crippen molar-refractivity contribution >= 4 is 17.6 Å². The average Bonchev–Trinajstić information content (AvgIpc) is 2.58. The lowest BCUT2D eigenvalue weighted by Gasteiger charge is -2.07. The molecule has 0 unspecified atom stereocenters. The van der Waals surface area contributed by atoms with Gasteiger partial charge in [-0.25, -0.2) is 0 Å². The number of hydrogen-bond donors (Lipinski definition) is 1. The van der Waals surface area contributed by atoms with Gasteiger partial charge in [-0.1, -0.05) is 17.7 Å². The van der Waals surface area contributed by atoms with Crippen LogP contribution in [0.2, 0.25) is 0 Å². The Morgan fingerprint density at radius 1 is 1.08 bits per heavy atom. The minimum atomic E-state index is -0.589. The lowest BCUT2D eigenvalue weighted by Crippen LogP contribution is -2.30. The van der Waals surface area contributed by atoms with Crippen LogP contribution in [-0.2, 0) is 16.1 Å². The number of aryl methyl sites for hydroxylation is 1. The lowest BCUT2D eigenvalue weighted by atomic mass is 10.1. The molecule has 124 valence electrons. The number of benzene rings is 2. The second-order valence-corrected chi connectivity index (χ2v) is 5.13. The van der Waals surface area contributed by atoms with E-state index in [-0.39, 0.29) is 24.7 Å². The van der Waals surface area contributed by atoms with Crippen LogP contribution in [0.1, 0.15) is 21.5 Å². The molecule has 0 aromatic heterocycles. The minimum absolute atomic E-state index is 0.0166. The monoisotopic (exact) mass is 328 g/mol. The van der Waals surface area contributed by atoms with E-state index in [2.05, 4.69) is 5.32 Å². The van der Waals surface area contributed by atoms with Crippen molar-refractivity contribution in [1.29, 1.82) is 0 Å². The second-order valence-electron chi connectivity index (χ2n) is 5.13. The van der Waals surface area contributed by atoms with Crippen LogP contribution >= 0.6 is 0 Å². The van der Waals surface area contributed by atoms with Gasteiger partial charge in [-0.05, 0) is 36.8 Å². The summed E-state index contributed by atoms with van der Waals surface area (Å²) in [5, 5.41) is 13.0. The van der Waals surface area contributed by atoms with Crippen molar-refractivity contribution in [2.24, 2.45) is 0 Å². The van der Waals surface area contributed by atoms with E-state index in [0.29, 0.717) is 11.1 Å². The molecule has 1 N–H and O–H groups in total. The first-order valence-electron chi connectivity index (χ1n) is 7.19. The van der Waals surface area contributed by atoms with Gasteiger partial charge < -0.3 is 10.1 Å². The number of non-ortho nitro benzene ring substituents is 1. The highest BCUT2D eigenvalue weighted by Crippen LogP contribution is 2.12. The minimum Gasteiger partial charge on any atom is -0.460 e. The van der Waals surface area contributed by atoms with Crippen LogP contribution in [0, 0.1) is 17.0 Å². The molecule has 0 heterocycles. The normalized spacial score (nSPS) is 10.0. The molecule has 7 heteroatoms. The largest absolute Gasteiger partial charge is 0.460 e. The van der Waals surface area contributed by atoms with Gasteiger partial charge in [-0.2, -0.15) is 0 Å². The summed E-state index contributed by atoms with van der Waals surface area (Å²) in [6.07, 6.45) is 0. The standard InChI is InChI=1S/C17H16N2O5/c1-12-2-6-14(7-3-12)17(21)18-10-16(20)24-11-13-4-8-15(9-5-13)19(22)23/h2-9H,10-11H2,1H3,(H,18,21). The van der Waals surface area contributed by atoms with Gasteiger partial charge in [0.05, 0.1) is 4.92 Å². The van der Waals surface area contributed by atoms with Crippen molar-refractivity contribution in [3.63, 3.8) is 0 Å². The fourth-order valence-electron chi connectivity index (χ4n) is 1.89. The molecular weight excluding hydrogens is 312 g/mol. The van der Waals surface area contributed by atoms with E-state index in [0.717, 1.165) is 5.56 Å². The van der Waals surface area contributed by atoms with Crippen LogP contribution in [0.5, 0.6) is 0 Å². The summed E-state index contributed by atoms with van der Waals surface area (Å²) < 4.78 is 5.01. The quantitative estimate of drug-likeness (QED) is 0.499. The molecule has 7 nitrogen and oxygen atoms in total. The molecule has 0 atom stereocenters. The molecule has 1 amide bonds. The average molecular weight is 328 g/mol. The summed E-state index contributed by atoms with van der Waals surface area (Å²) in [5.41, 5.74) is 2.09. The van der Waals surface area contributed by atoms with Crippen molar-refractivity contribution in [2.75, 3.05) is 6.54 Å². The second kappa shape index (κ2) is 7.87. The van der Waals surface area contributed by atoms with Gasteiger partial charge in [-0.3, -0.25) is 19.7 Å². The van der Waals surface area contributed by atoms with Crippen molar-refractivity contribution in [2.45, 2.75) is 13.5 Å². The first-order chi connectivity index (χ1) is 11.5. The number of hydrogen-bond acceptors (Lipinski definition) is 5. The molecule has 0 aliphatic heterocycles. The van der Waals surface area contributed by atoms with E-state index in [1.165, 1.54) is 24.3 Å². The summed E-state index contributed by atoms with van der Waals surface area (Å²) in [7, 11) is 0. The van der Waals surface area contributed by atoms with E-state index in [1.54, 1.807) is 12.1 Å². The Bertz CT molecular complexity index is 739. The molecule has 0 spiro atoms. The van der Waals surface area contributed by atoms with Crippen LogP contribution in [0.15, 0.2) is 48.5 Å². The predicted molar refractivity (Wildman–Crippen MR) is 86.4 cm³/mol. The third-order valence-electron chi connectivity index (χ3n) is 3.25. The Balaban J connectivity index is 1.77. The van der Waals surface area contributed by atoms with Crippen LogP contribution in [0.3, 0.4) is 0 Å². The first kappa shape index (κ1) is 17.1. The van der Waals surface area contributed by atoms with Crippen molar-refractivity contribution < 1.29 is 19.2 Å². The van der Waals surface area contributed by atoms with Gasteiger partial charge in [0.15, 0.2) is 0 Å². The number of rotatable bonds is 6. The molecule has 24 heavy (non-hydrogen) atoms. The highest BCUT2D eigenvalue weighted by Gasteiger charge is 2.09. The SMILES string of the molecule is Cc1ccc(C(=O)NCC(=O)OCc2ccc([N+](=O)[O-])cc2)cc1. The van der Waals surface area contributed by atoms with Crippen LogP contribution in [0.4, 0.5) is 5.69 Å². The summed E-state index contributed by atoms with van der Waals surface area (Å²) in [4.78, 5) is 33.5. The van der Waals surface area contributed by atoms with Gasteiger partial charge in [0.25, 0.3) is 11.6 Å². The molecule has 0 bridgehead atoms. The Morgan fingerprint density at radius 3 is 2.29 bits per heavy atom. The van der Waals surface area contributed by atoms with E-state index in [4.69, 9.17) is 4.74 Å². The third-order valence-corrected chi connectivity index (χ3v) is 3.25. The Morgan fingerprint density at radius 2 is 1.71 bits per heavy atom. The number of nitrogens with zero attached hydrogens (tertiary/aromatic N) is 1. The van der Waals surface area contributed by atoms with Crippen LogP contribution in [0.25, 0.3) is 0 Å². The number of amides is 1. The number of nitro groups is 1. The zero-order valence-corrected chi connectivity index (χ0v) is 13.0. The summed E-state index contributed by atoms with van der Waals surface area (Å²) in [5.74, 6) is -0.948. The smallest absolute Gasteiger partial charge is 0.325 e. The maximum absolute atomic E-state index is 11.9. The number of esters is 1. The lowest BCUT2D eigenvalue weighted by molar-refractivity contribution is -0.384. The Hall–Kier alpha value is -3.22. The zero-order valence-electron chi connectivity index (χ0n) is 13.0. The van der Waals surface area contributed by atoms with E-state index >= 15 is 0 Å². The molecule has 0 saturated heterocycles. The number of nitrogens with one attached hydrogen (secondary N) is 1. The molecule has 0 aliphatic carbocycles. The predicted octanol–water partition coefficient (Wildman–Crippen LogP) is 2.38. The zero-order chi connectivity index (χ0) is 17.5. The number of carbonyl (C=O) groups excluding carboxylic acids is 2. The fourth-order valence-corrected chi connectivity index (χ4v) is 1.89. The number of nitro benzene ring substituents is 1. The molecule has 2 aromatic carbocycles. The summed E-state index contributed by atoms with van der Waals surface area (Å²) in [6, 6.07) is 12.7. The highest BCUT2D eigenvalue weighted by atomic mass is 16.6. The fraction of sp³-hybridized carbons (Fsp3) is 0.176. The summed E-state index contributed by atoms with van der Waals surface area (Å²) in [6.45, 7) is 1.65. The molecule has 2 rings (SSSR count). The first-order valence-corrected chi connectivity index (χ1v) is 7.19. The van der Waals surface area contributed by atoms with E-state index in [9.17, 15) is 19.7 Å². The molecule has 0 fully saturated rings. The maximum Gasteiger partial charge on any atom is 0.325 e. The van der Waals surface area contributed by atoms with Gasteiger partial charge in [0.1, 0.15) is 13.2 Å². The molecule has 0 radical (unpaired) electrons. The van der Waals surface area contributed by atoms with Crippen LogP contribution < -0.4 is 5.32 Å². The van der Waals surface area contributed by atoms with Crippen LogP contribution in [-0.4, -0.2) is 23.3 Å². The Labute approximate surface area is 138 Å². The van der Waals surface area contributed by atoms with Gasteiger partial charge in [0, 0.05) is 17.7 Å². The maximum atomic E-state index is 11.9. The molecular formula is C17H16N2O5. The van der Waals surface area contributed by atoms with Crippen molar-refractivity contribution in [1.82, 2.24) is 5.32 Å². The molecule has 0 aliphatic rings. The number of ether oxygens (including phenoxy) is 1. The van der Waals surface area contributed by atoms with E-state index < -0.39 is 10.9 Å². The van der Waals surface area contributed by atoms with Gasteiger partial charge in [0.2, 0.25) is 0 Å². The summed E-state index contributed by atoms with van der Waals surface area (Å²) >= 11 is 0. The van der Waals surface area contributed by atoms with Crippen molar-refractivity contribution in [3.05, 3.63) is 75.3 Å². The topological polar surface area (TPSA) is 98.5 Å². The molecule has 0 saturated carbocycles. The van der Waals surface area contributed by atoms with Crippen molar-refractivity contribution in [3.8, 4) is 0 Å². The van der Waals surface area contributed by atoms with Gasteiger partial charge >= 0.3 is 5.97 Å². The van der Waals surface area contributed by atoms with E-state index in [1.807, 2.05) is 19.1 Å². The number of carbonyl (C=O) groups is 2. The Kier molecular flexibility index (Phi) is 5.62. The highest BCUT2D eigenvalue weighted by molar-refractivity contribution is 5.95.